The van der Waals surface area contributed by atoms with Crippen molar-refractivity contribution < 1.29 is 27.8 Å². The van der Waals surface area contributed by atoms with Crippen LogP contribution in [-0.4, -0.2) is 61.8 Å². The number of carbonyl (C=O) groups is 1. The summed E-state index contributed by atoms with van der Waals surface area (Å²) in [5.74, 6) is 0.580. The molecule has 2 heterocycles. The molecule has 2 unspecified atom stereocenters. The molecule has 9 heteroatoms. The average Bonchev–Trinajstić information content (AvgIpc) is 3.33. The van der Waals surface area contributed by atoms with Crippen molar-refractivity contribution in [1.29, 1.82) is 0 Å². The van der Waals surface area contributed by atoms with Gasteiger partial charge in [0.05, 0.1) is 17.3 Å². The number of nitrogens with zero attached hydrogens (tertiary/aromatic N) is 2. The zero-order chi connectivity index (χ0) is 25.8. The van der Waals surface area contributed by atoms with Gasteiger partial charge in [-0.1, -0.05) is 42.5 Å². The molecule has 0 bridgehead atoms. The van der Waals surface area contributed by atoms with E-state index in [1.54, 1.807) is 47.4 Å². The van der Waals surface area contributed by atoms with Gasteiger partial charge in [0.1, 0.15) is 5.75 Å². The Balaban J connectivity index is 1.38. The van der Waals surface area contributed by atoms with Gasteiger partial charge in [-0.3, -0.25) is 4.79 Å². The van der Waals surface area contributed by atoms with E-state index in [0.29, 0.717) is 36.8 Å². The molecule has 1 amide bonds. The second kappa shape index (κ2) is 10.7. The largest absolute Gasteiger partial charge is 0.494 e. The van der Waals surface area contributed by atoms with Crippen molar-refractivity contribution in [3.05, 3.63) is 95.6 Å². The lowest BCUT2D eigenvalue weighted by molar-refractivity contribution is -0.133. The molecular formula is C28H28N2O6S. The maximum absolute atomic E-state index is 13.6. The summed E-state index contributed by atoms with van der Waals surface area (Å²) < 4.78 is 37.6. The van der Waals surface area contributed by atoms with Crippen LogP contribution >= 0.6 is 0 Å². The van der Waals surface area contributed by atoms with Crippen LogP contribution in [0.3, 0.4) is 0 Å². The molecule has 3 aromatic rings. The Morgan fingerprint density at radius 2 is 1.73 bits per heavy atom. The highest BCUT2D eigenvalue weighted by Crippen LogP contribution is 2.37. The maximum atomic E-state index is 13.6. The third-order valence-electron chi connectivity index (χ3n) is 6.47. The Bertz CT molecular complexity index is 1390. The topological polar surface area (TPSA) is 106 Å². The fourth-order valence-corrected chi connectivity index (χ4v) is 5.78. The van der Waals surface area contributed by atoms with Gasteiger partial charge in [0.2, 0.25) is 5.90 Å². The molecule has 37 heavy (non-hydrogen) atoms. The van der Waals surface area contributed by atoms with Crippen LogP contribution in [0.5, 0.6) is 5.75 Å². The number of benzene rings is 3. The highest BCUT2D eigenvalue weighted by molar-refractivity contribution is 7.91. The van der Waals surface area contributed by atoms with E-state index in [1.165, 1.54) is 0 Å². The number of carbonyl (C=O) groups excluding carboxylic acids is 1. The van der Waals surface area contributed by atoms with Crippen LogP contribution in [-0.2, 0) is 25.9 Å². The van der Waals surface area contributed by atoms with Crippen LogP contribution in [0.4, 0.5) is 0 Å². The number of fused-ring (bicyclic) bond motifs is 3. The second-order valence-electron chi connectivity index (χ2n) is 8.96. The predicted octanol–water partition coefficient (Wildman–Crippen LogP) is 3.15. The summed E-state index contributed by atoms with van der Waals surface area (Å²) in [6.07, 6.45) is -0.0408. The van der Waals surface area contributed by atoms with Crippen molar-refractivity contribution >= 4 is 21.6 Å². The molecule has 0 saturated heterocycles. The smallest absolute Gasteiger partial charge is 0.252 e. The highest BCUT2D eigenvalue weighted by Gasteiger charge is 2.43. The second-order valence-corrected chi connectivity index (χ2v) is 11.1. The first-order chi connectivity index (χ1) is 18.0. The zero-order valence-electron chi connectivity index (χ0n) is 20.2. The molecule has 0 radical (unpaired) electrons. The lowest BCUT2D eigenvalue weighted by Gasteiger charge is -2.22. The predicted molar refractivity (Wildman–Crippen MR) is 138 cm³/mol. The molecule has 0 aliphatic carbocycles. The number of aliphatic hydroxyl groups is 1. The fraction of sp³-hybridized carbons (Fsp3) is 0.286. The molecule has 2 atom stereocenters. The number of amides is 1. The first kappa shape index (κ1) is 25.0. The summed E-state index contributed by atoms with van der Waals surface area (Å²) in [5, 5.41) is 8.92. The number of hydrogen-bond acceptors (Lipinski definition) is 7. The van der Waals surface area contributed by atoms with Crippen LogP contribution in [0.2, 0.25) is 0 Å². The van der Waals surface area contributed by atoms with Gasteiger partial charge in [-0.2, -0.15) is 0 Å². The Labute approximate surface area is 216 Å². The SMILES string of the molecule is O=C1C2N=C(c3ccc(OCCCO)cc3)OC2c2ccccc2CN1CCS(=O)(=O)c1ccccc1. The molecule has 8 nitrogen and oxygen atoms in total. The molecule has 2 aliphatic heterocycles. The number of ether oxygens (including phenoxy) is 2. The summed E-state index contributed by atoms with van der Waals surface area (Å²) in [5.41, 5.74) is 2.49. The molecular weight excluding hydrogens is 492 g/mol. The van der Waals surface area contributed by atoms with E-state index in [4.69, 9.17) is 14.6 Å². The Kier molecular flexibility index (Phi) is 7.25. The first-order valence-corrected chi connectivity index (χ1v) is 13.8. The van der Waals surface area contributed by atoms with Gasteiger partial charge in [-0.25, -0.2) is 13.4 Å². The third kappa shape index (κ3) is 5.38. The number of aliphatic hydroxyl groups excluding tert-OH is 1. The normalized spacial score (nSPS) is 18.9. The van der Waals surface area contributed by atoms with Crippen molar-refractivity contribution in [2.24, 2.45) is 4.99 Å². The Morgan fingerprint density at radius 3 is 2.49 bits per heavy atom. The zero-order valence-corrected chi connectivity index (χ0v) is 21.0. The summed E-state index contributed by atoms with van der Waals surface area (Å²) >= 11 is 0. The van der Waals surface area contributed by atoms with E-state index < -0.39 is 22.0 Å². The Morgan fingerprint density at radius 1 is 1.00 bits per heavy atom. The molecule has 5 rings (SSSR count). The highest BCUT2D eigenvalue weighted by atomic mass is 32.2. The molecule has 2 aliphatic rings. The van der Waals surface area contributed by atoms with E-state index in [0.717, 1.165) is 11.1 Å². The van der Waals surface area contributed by atoms with Gasteiger partial charge in [0.25, 0.3) is 5.91 Å². The summed E-state index contributed by atoms with van der Waals surface area (Å²) in [6.45, 7) is 0.827. The molecule has 1 N–H and O–H groups in total. The maximum Gasteiger partial charge on any atom is 0.252 e. The third-order valence-corrected chi connectivity index (χ3v) is 8.18. The Hall–Kier alpha value is -3.69. The van der Waals surface area contributed by atoms with Crippen molar-refractivity contribution in [3.8, 4) is 5.75 Å². The van der Waals surface area contributed by atoms with Gasteiger partial charge in [-0.05, 0) is 42.0 Å². The monoisotopic (exact) mass is 520 g/mol. The molecule has 0 saturated carbocycles. The minimum Gasteiger partial charge on any atom is -0.494 e. The molecule has 0 fully saturated rings. The van der Waals surface area contributed by atoms with Crippen molar-refractivity contribution in [2.75, 3.05) is 25.5 Å². The van der Waals surface area contributed by atoms with Crippen molar-refractivity contribution in [1.82, 2.24) is 4.90 Å². The van der Waals surface area contributed by atoms with Crippen LogP contribution in [0.1, 0.15) is 29.2 Å². The van der Waals surface area contributed by atoms with E-state index >= 15 is 0 Å². The number of aliphatic imine (C=N–C) groups is 1. The van der Waals surface area contributed by atoms with Crippen molar-refractivity contribution in [2.45, 2.75) is 30.0 Å². The van der Waals surface area contributed by atoms with Crippen molar-refractivity contribution in [3.63, 3.8) is 0 Å². The molecule has 0 spiro atoms. The van der Waals surface area contributed by atoms with Gasteiger partial charge in [0.15, 0.2) is 22.0 Å². The van der Waals surface area contributed by atoms with E-state index in [9.17, 15) is 13.2 Å². The van der Waals surface area contributed by atoms with E-state index in [2.05, 4.69) is 4.99 Å². The minimum atomic E-state index is -3.55. The molecule has 3 aromatic carbocycles. The van der Waals surface area contributed by atoms with Gasteiger partial charge >= 0.3 is 0 Å². The number of sulfone groups is 1. The van der Waals surface area contributed by atoms with E-state index in [1.807, 2.05) is 36.4 Å². The van der Waals surface area contributed by atoms with Crippen LogP contribution < -0.4 is 4.74 Å². The summed E-state index contributed by atoms with van der Waals surface area (Å²) in [7, 11) is -3.55. The molecule has 0 aromatic heterocycles. The van der Waals surface area contributed by atoms with Crippen LogP contribution in [0.25, 0.3) is 0 Å². The number of rotatable bonds is 9. The standard InChI is InChI=1S/C28H28N2O6S/c31-16-6-17-35-22-13-11-20(12-14-22)27-29-25-26(36-27)24-10-5-4-7-21(24)19-30(28(25)32)15-18-37(33,34)23-8-2-1-3-9-23/h1-5,7-14,25-26,31H,6,15-19H2. The number of hydrogen-bond donors (Lipinski definition) is 1. The molecule has 192 valence electrons. The quantitative estimate of drug-likeness (QED) is 0.435. The average molecular weight is 521 g/mol. The van der Waals surface area contributed by atoms with Gasteiger partial charge in [-0.15, -0.1) is 0 Å². The summed E-state index contributed by atoms with van der Waals surface area (Å²) in [6, 6.07) is 22.3. The van der Waals surface area contributed by atoms with Gasteiger partial charge in [0, 0.05) is 37.2 Å². The van der Waals surface area contributed by atoms with Crippen LogP contribution in [0, 0.1) is 0 Å². The van der Waals surface area contributed by atoms with Crippen LogP contribution in [0.15, 0.2) is 88.8 Å². The fourth-order valence-electron chi connectivity index (χ4n) is 4.51. The minimum absolute atomic E-state index is 0.0539. The lowest BCUT2D eigenvalue weighted by atomic mass is 9.99. The van der Waals surface area contributed by atoms with Gasteiger partial charge < -0.3 is 19.5 Å². The lowest BCUT2D eigenvalue weighted by Crippen LogP contribution is -2.40. The summed E-state index contributed by atoms with van der Waals surface area (Å²) in [4.78, 5) is 20.1. The van der Waals surface area contributed by atoms with E-state index in [-0.39, 0.29) is 29.7 Å². The first-order valence-electron chi connectivity index (χ1n) is 12.2.